The minimum Gasteiger partial charge on any atom is -0.373 e. The number of hydrogen-bond acceptors (Lipinski definition) is 1. The molecular weight excluding hydrogens is 185 g/mol. The van der Waals surface area contributed by atoms with Crippen molar-refractivity contribution < 1.29 is 0 Å². The maximum absolute atomic E-state index is 2.45. The number of nitrogens with zero attached hydrogens (tertiary/aromatic N) is 1. The Labute approximate surface area is 92.1 Å². The largest absolute Gasteiger partial charge is 0.373 e. The smallest absolute Gasteiger partial charge is 0.302 e. The lowest BCUT2D eigenvalue weighted by Crippen LogP contribution is -2.33. The Balaban J connectivity index is 3.05. The Hall–Kier alpha value is -0.448. The molecule has 0 radical (unpaired) electrons. The molecule has 0 amide bonds. The zero-order chi connectivity index (χ0) is 10.6. The Bertz CT molecular complexity index is 279. The van der Waals surface area contributed by atoms with Crippen LogP contribution in [-0.2, 0) is 0 Å². The maximum atomic E-state index is 2.45. The zero-order valence-electron chi connectivity index (χ0n) is 9.75. The Morgan fingerprint density at radius 3 is 2.14 bits per heavy atom. The summed E-state index contributed by atoms with van der Waals surface area (Å²) in [6, 6.07) is 8.86. The third-order valence-electron chi connectivity index (χ3n) is 2.66. The van der Waals surface area contributed by atoms with Crippen LogP contribution in [0.4, 0.5) is 5.69 Å². The van der Waals surface area contributed by atoms with E-state index in [9.17, 15) is 0 Å². The van der Waals surface area contributed by atoms with Crippen molar-refractivity contribution >= 4 is 24.3 Å². The third-order valence-corrected chi connectivity index (χ3v) is 4.40. The molecule has 0 aliphatic heterocycles. The van der Waals surface area contributed by atoms with Gasteiger partial charge in [0.1, 0.15) is 0 Å². The fourth-order valence-corrected chi connectivity index (χ4v) is 3.19. The molecular formula is C12H20AlN. The molecule has 1 aromatic rings. The summed E-state index contributed by atoms with van der Waals surface area (Å²) in [6.07, 6.45) is 0. The number of rotatable bonds is 4. The molecule has 0 aliphatic carbocycles. The Morgan fingerprint density at radius 2 is 1.64 bits per heavy atom. The van der Waals surface area contributed by atoms with Gasteiger partial charge < -0.3 is 4.90 Å². The van der Waals surface area contributed by atoms with E-state index in [1.54, 1.807) is 4.43 Å². The van der Waals surface area contributed by atoms with Crippen LogP contribution in [0.2, 0.25) is 11.6 Å². The molecule has 0 unspecified atom stereocenters. The minimum atomic E-state index is -0.694. The second-order valence-electron chi connectivity index (χ2n) is 3.89. The zero-order valence-corrected chi connectivity index (χ0v) is 10.9. The molecule has 2 heteroatoms. The first-order valence-corrected chi connectivity index (χ1v) is 8.43. The van der Waals surface area contributed by atoms with Crippen LogP contribution in [0.25, 0.3) is 0 Å². The lowest BCUT2D eigenvalue weighted by atomic mass is 10.3. The summed E-state index contributed by atoms with van der Waals surface area (Å²) in [5, 5.41) is 0. The van der Waals surface area contributed by atoms with Gasteiger partial charge >= 0.3 is 14.1 Å². The molecule has 1 aromatic carbocycles. The normalized spacial score (nSPS) is 10.0. The average Bonchev–Trinajstić information content (AvgIpc) is 2.20. The lowest BCUT2D eigenvalue weighted by Gasteiger charge is -2.25. The first-order chi connectivity index (χ1) is 6.70. The van der Waals surface area contributed by atoms with E-state index >= 15 is 0 Å². The summed E-state index contributed by atoms with van der Waals surface area (Å²) in [5.41, 5.74) is 1.46. The van der Waals surface area contributed by atoms with Crippen LogP contribution in [0, 0.1) is 0 Å². The second-order valence-corrected chi connectivity index (χ2v) is 6.82. The fourth-order valence-electron chi connectivity index (χ4n) is 1.83. The number of hydrogen-bond donors (Lipinski definition) is 0. The fraction of sp³-hybridized carbons (Fsp3) is 0.500. The van der Waals surface area contributed by atoms with Gasteiger partial charge in [0.25, 0.3) is 0 Å². The lowest BCUT2D eigenvalue weighted by molar-refractivity contribution is 0.869. The highest BCUT2D eigenvalue weighted by molar-refractivity contribution is 6.72. The molecule has 0 spiro atoms. The summed E-state index contributed by atoms with van der Waals surface area (Å²) in [7, 11) is 0. The SMILES string of the molecule is CCN(CC)c1cccc[c]1[Al]([CH3])[CH3]. The van der Waals surface area contributed by atoms with E-state index in [0.29, 0.717) is 0 Å². The van der Waals surface area contributed by atoms with Gasteiger partial charge in [-0.2, -0.15) is 0 Å². The van der Waals surface area contributed by atoms with E-state index in [1.165, 1.54) is 5.69 Å². The van der Waals surface area contributed by atoms with Gasteiger partial charge in [0.15, 0.2) is 0 Å². The average molecular weight is 205 g/mol. The minimum absolute atomic E-state index is 0.694. The molecule has 0 atom stereocenters. The monoisotopic (exact) mass is 205 g/mol. The number of anilines is 1. The van der Waals surface area contributed by atoms with Crippen LogP contribution in [-0.4, -0.2) is 27.2 Å². The van der Waals surface area contributed by atoms with Crippen LogP contribution in [0.3, 0.4) is 0 Å². The number of para-hydroxylation sites is 1. The van der Waals surface area contributed by atoms with E-state index in [4.69, 9.17) is 0 Å². The van der Waals surface area contributed by atoms with E-state index in [1.807, 2.05) is 0 Å². The van der Waals surface area contributed by atoms with Crippen LogP contribution in [0.5, 0.6) is 0 Å². The van der Waals surface area contributed by atoms with E-state index in [2.05, 4.69) is 54.6 Å². The van der Waals surface area contributed by atoms with Gasteiger partial charge in [-0.25, -0.2) is 0 Å². The van der Waals surface area contributed by atoms with Crippen LogP contribution in [0.15, 0.2) is 24.3 Å². The molecule has 0 bridgehead atoms. The molecule has 0 saturated carbocycles. The highest BCUT2D eigenvalue weighted by Gasteiger charge is 2.13. The van der Waals surface area contributed by atoms with Crippen molar-refractivity contribution in [1.29, 1.82) is 0 Å². The maximum Gasteiger partial charge on any atom is 0.302 e. The van der Waals surface area contributed by atoms with Gasteiger partial charge in [-0.05, 0) is 19.9 Å². The van der Waals surface area contributed by atoms with Crippen molar-refractivity contribution in [2.24, 2.45) is 0 Å². The molecule has 0 fully saturated rings. The van der Waals surface area contributed by atoms with Gasteiger partial charge in [0.2, 0.25) is 0 Å². The Kier molecular flexibility index (Phi) is 4.52. The van der Waals surface area contributed by atoms with Crippen molar-refractivity contribution in [2.75, 3.05) is 18.0 Å². The summed E-state index contributed by atoms with van der Waals surface area (Å²) < 4.78 is 1.59. The summed E-state index contributed by atoms with van der Waals surface area (Å²) in [5.74, 6) is 4.78. The molecule has 0 aliphatic rings. The number of benzene rings is 1. The van der Waals surface area contributed by atoms with E-state index < -0.39 is 14.1 Å². The van der Waals surface area contributed by atoms with Crippen molar-refractivity contribution in [3.05, 3.63) is 24.3 Å². The van der Waals surface area contributed by atoms with Crippen molar-refractivity contribution in [2.45, 2.75) is 25.4 Å². The van der Waals surface area contributed by atoms with Crippen LogP contribution < -0.4 is 9.33 Å². The molecule has 1 rings (SSSR count). The summed E-state index contributed by atoms with van der Waals surface area (Å²) in [6.45, 7) is 6.66. The predicted octanol–water partition coefficient (Wildman–Crippen LogP) is 2.49. The molecule has 76 valence electrons. The van der Waals surface area contributed by atoms with Crippen LogP contribution in [0.1, 0.15) is 13.8 Å². The standard InChI is InChI=1S/C10H14N.2CH3.Al/c1-3-11(4-2)10-8-6-5-7-9-10;;;/h5-8H,3-4H2,1-2H3;2*1H3;. The Morgan fingerprint density at radius 1 is 1.07 bits per heavy atom. The molecule has 0 saturated heterocycles. The highest BCUT2D eigenvalue weighted by Crippen LogP contribution is 2.11. The topological polar surface area (TPSA) is 3.24 Å². The first-order valence-electron chi connectivity index (χ1n) is 5.54. The summed E-state index contributed by atoms with van der Waals surface area (Å²) in [4.78, 5) is 2.45. The molecule has 14 heavy (non-hydrogen) atoms. The summed E-state index contributed by atoms with van der Waals surface area (Å²) >= 11 is -0.694. The van der Waals surface area contributed by atoms with Gasteiger partial charge in [0.05, 0.1) is 0 Å². The molecule has 1 nitrogen and oxygen atoms in total. The quantitative estimate of drug-likeness (QED) is 0.683. The van der Waals surface area contributed by atoms with Crippen molar-refractivity contribution in [3.8, 4) is 0 Å². The van der Waals surface area contributed by atoms with E-state index in [-0.39, 0.29) is 0 Å². The van der Waals surface area contributed by atoms with Crippen LogP contribution >= 0.6 is 0 Å². The predicted molar refractivity (Wildman–Crippen MR) is 67.1 cm³/mol. The van der Waals surface area contributed by atoms with Gasteiger partial charge in [0, 0.05) is 18.8 Å². The first kappa shape index (κ1) is 11.6. The van der Waals surface area contributed by atoms with Gasteiger partial charge in [-0.15, -0.1) is 11.6 Å². The molecule has 0 heterocycles. The van der Waals surface area contributed by atoms with Crippen molar-refractivity contribution in [3.63, 3.8) is 0 Å². The van der Waals surface area contributed by atoms with E-state index in [0.717, 1.165) is 13.1 Å². The molecule has 0 aromatic heterocycles. The van der Waals surface area contributed by atoms with Crippen molar-refractivity contribution in [1.82, 2.24) is 0 Å². The second kappa shape index (κ2) is 5.44. The molecule has 0 N–H and O–H groups in total. The van der Waals surface area contributed by atoms with Gasteiger partial charge in [-0.1, -0.05) is 22.6 Å². The third kappa shape index (κ3) is 2.53. The highest BCUT2D eigenvalue weighted by atomic mass is 27.2. The van der Waals surface area contributed by atoms with Gasteiger partial charge in [-0.3, -0.25) is 0 Å².